The third-order valence-corrected chi connectivity index (χ3v) is 6.35. The molecule has 0 radical (unpaired) electrons. The van der Waals surface area contributed by atoms with E-state index in [0.29, 0.717) is 5.92 Å². The van der Waals surface area contributed by atoms with E-state index < -0.39 is 0 Å². The maximum Gasteiger partial charge on any atom is 0.269 e. The number of aryl methyl sites for hydroxylation is 1. The summed E-state index contributed by atoms with van der Waals surface area (Å²) in [5, 5.41) is 13.1. The second-order valence-corrected chi connectivity index (χ2v) is 9.07. The van der Waals surface area contributed by atoms with Gasteiger partial charge in [-0.25, -0.2) is 4.99 Å². The lowest BCUT2D eigenvalue weighted by atomic mass is 10.0. The van der Waals surface area contributed by atoms with E-state index in [-0.39, 0.29) is 16.7 Å². The standard InChI is InChI=1S/C24H29N3O2S/c1-16(2)9-10-18(4)26-23(20-11-13-21(14-12-20)27(28)29)15-30-24(26)25-22-8-6-7-17(3)19(22)5/h6-8,11-16,18H,9-10H2,1-5H3. The summed E-state index contributed by atoms with van der Waals surface area (Å²) in [6.07, 6.45) is 2.18. The molecule has 0 saturated carbocycles. The van der Waals surface area contributed by atoms with Crippen molar-refractivity contribution in [1.82, 2.24) is 4.57 Å². The summed E-state index contributed by atoms with van der Waals surface area (Å²) >= 11 is 1.62. The molecule has 30 heavy (non-hydrogen) atoms. The highest BCUT2D eigenvalue weighted by molar-refractivity contribution is 7.07. The van der Waals surface area contributed by atoms with Crippen molar-refractivity contribution in [1.29, 1.82) is 0 Å². The van der Waals surface area contributed by atoms with Crippen molar-refractivity contribution in [3.05, 3.63) is 73.9 Å². The fourth-order valence-electron chi connectivity index (χ4n) is 3.46. The van der Waals surface area contributed by atoms with E-state index in [2.05, 4.69) is 56.7 Å². The molecular weight excluding hydrogens is 394 g/mol. The van der Waals surface area contributed by atoms with Gasteiger partial charge in [0.25, 0.3) is 5.69 Å². The van der Waals surface area contributed by atoms with Gasteiger partial charge in [0.2, 0.25) is 0 Å². The molecule has 0 fully saturated rings. The summed E-state index contributed by atoms with van der Waals surface area (Å²) in [5.41, 5.74) is 5.52. The molecule has 0 spiro atoms. The van der Waals surface area contributed by atoms with Crippen molar-refractivity contribution in [2.24, 2.45) is 10.9 Å². The lowest BCUT2D eigenvalue weighted by molar-refractivity contribution is -0.384. The average Bonchev–Trinajstić information content (AvgIpc) is 3.13. The van der Waals surface area contributed by atoms with Gasteiger partial charge in [-0.15, -0.1) is 11.3 Å². The molecule has 0 aliphatic rings. The van der Waals surface area contributed by atoms with Gasteiger partial charge in [0.1, 0.15) is 0 Å². The second kappa shape index (κ2) is 9.39. The van der Waals surface area contributed by atoms with E-state index in [1.54, 1.807) is 23.5 Å². The van der Waals surface area contributed by atoms with Crippen molar-refractivity contribution in [2.45, 2.75) is 53.5 Å². The van der Waals surface area contributed by atoms with Crippen LogP contribution in [0.3, 0.4) is 0 Å². The Bertz CT molecular complexity index is 1090. The number of hydrogen-bond donors (Lipinski definition) is 0. The zero-order valence-corrected chi connectivity index (χ0v) is 19.1. The largest absolute Gasteiger partial charge is 0.314 e. The zero-order valence-electron chi connectivity index (χ0n) is 18.3. The molecule has 3 rings (SSSR count). The van der Waals surface area contributed by atoms with Gasteiger partial charge >= 0.3 is 0 Å². The van der Waals surface area contributed by atoms with Crippen molar-refractivity contribution >= 4 is 22.7 Å². The number of nitro groups is 1. The van der Waals surface area contributed by atoms with E-state index in [4.69, 9.17) is 4.99 Å². The molecule has 1 heterocycles. The highest BCUT2D eigenvalue weighted by Gasteiger charge is 2.16. The first-order chi connectivity index (χ1) is 14.3. The first-order valence-corrected chi connectivity index (χ1v) is 11.2. The molecule has 0 amide bonds. The van der Waals surface area contributed by atoms with Gasteiger partial charge < -0.3 is 4.57 Å². The summed E-state index contributed by atoms with van der Waals surface area (Å²) in [5.74, 6) is 0.633. The lowest BCUT2D eigenvalue weighted by Crippen LogP contribution is -2.20. The molecule has 0 N–H and O–H groups in total. The number of benzene rings is 2. The van der Waals surface area contributed by atoms with Crippen LogP contribution in [0.1, 0.15) is 50.8 Å². The molecule has 6 heteroatoms. The zero-order chi connectivity index (χ0) is 21.8. The van der Waals surface area contributed by atoms with Gasteiger partial charge in [-0.05, 0) is 74.4 Å². The third kappa shape index (κ3) is 4.87. The number of rotatable bonds is 7. The molecule has 2 aromatic carbocycles. The van der Waals surface area contributed by atoms with Crippen molar-refractivity contribution < 1.29 is 4.92 Å². The Kier molecular flexibility index (Phi) is 6.87. The molecule has 5 nitrogen and oxygen atoms in total. The summed E-state index contributed by atoms with van der Waals surface area (Å²) < 4.78 is 2.29. The van der Waals surface area contributed by atoms with Crippen LogP contribution in [0.2, 0.25) is 0 Å². The van der Waals surface area contributed by atoms with Crippen LogP contribution in [0.25, 0.3) is 11.3 Å². The van der Waals surface area contributed by atoms with Crippen LogP contribution in [-0.4, -0.2) is 9.49 Å². The summed E-state index contributed by atoms with van der Waals surface area (Å²) in [6.45, 7) is 10.9. The SMILES string of the molecule is Cc1cccc(N=c2scc(-c3ccc([N+](=O)[O-])cc3)n2C(C)CCC(C)C)c1C. The minimum Gasteiger partial charge on any atom is -0.314 e. The molecule has 0 bridgehead atoms. The van der Waals surface area contributed by atoms with Gasteiger partial charge in [0.15, 0.2) is 4.80 Å². The Morgan fingerprint density at radius 1 is 1.07 bits per heavy atom. The molecular formula is C24H29N3O2S. The maximum absolute atomic E-state index is 11.0. The minimum atomic E-state index is -0.363. The quantitative estimate of drug-likeness (QED) is 0.304. The minimum absolute atomic E-state index is 0.105. The van der Waals surface area contributed by atoms with Crippen LogP contribution in [-0.2, 0) is 0 Å². The first kappa shape index (κ1) is 22.0. The topological polar surface area (TPSA) is 60.4 Å². The molecule has 1 atom stereocenters. The van der Waals surface area contributed by atoms with Crippen molar-refractivity contribution in [3.8, 4) is 11.3 Å². The van der Waals surface area contributed by atoms with E-state index in [1.807, 2.05) is 18.2 Å². The predicted octanol–water partition coefficient (Wildman–Crippen LogP) is 6.97. The van der Waals surface area contributed by atoms with Crippen LogP contribution < -0.4 is 4.80 Å². The van der Waals surface area contributed by atoms with Crippen LogP contribution in [0.15, 0.2) is 52.8 Å². The predicted molar refractivity (Wildman–Crippen MR) is 124 cm³/mol. The van der Waals surface area contributed by atoms with E-state index in [1.165, 1.54) is 11.1 Å². The Balaban J connectivity index is 2.12. The number of nitro benzene ring substituents is 1. The fraction of sp³-hybridized carbons (Fsp3) is 0.375. The van der Waals surface area contributed by atoms with E-state index in [9.17, 15) is 10.1 Å². The highest BCUT2D eigenvalue weighted by atomic mass is 32.1. The number of non-ortho nitro benzene ring substituents is 1. The molecule has 158 valence electrons. The number of hydrogen-bond acceptors (Lipinski definition) is 4. The number of nitrogens with zero attached hydrogens (tertiary/aromatic N) is 3. The Morgan fingerprint density at radius 2 is 1.77 bits per heavy atom. The maximum atomic E-state index is 11.0. The van der Waals surface area contributed by atoms with Gasteiger partial charge in [-0.3, -0.25) is 10.1 Å². The third-order valence-electron chi connectivity index (χ3n) is 5.51. The fourth-order valence-corrected chi connectivity index (χ4v) is 4.47. The van der Waals surface area contributed by atoms with Gasteiger partial charge in [0.05, 0.1) is 16.3 Å². The van der Waals surface area contributed by atoms with Crippen molar-refractivity contribution in [3.63, 3.8) is 0 Å². The molecule has 1 unspecified atom stereocenters. The smallest absolute Gasteiger partial charge is 0.269 e. The van der Waals surface area contributed by atoms with E-state index >= 15 is 0 Å². The van der Waals surface area contributed by atoms with Crippen LogP contribution in [0.4, 0.5) is 11.4 Å². The van der Waals surface area contributed by atoms with Crippen LogP contribution in [0.5, 0.6) is 0 Å². The molecule has 0 saturated heterocycles. The van der Waals surface area contributed by atoms with Crippen LogP contribution in [0, 0.1) is 29.9 Å². The second-order valence-electron chi connectivity index (χ2n) is 8.23. The normalized spacial score (nSPS) is 13.1. The van der Waals surface area contributed by atoms with E-state index in [0.717, 1.165) is 34.6 Å². The summed E-state index contributed by atoms with van der Waals surface area (Å²) in [4.78, 5) is 16.6. The number of thiazole rings is 1. The van der Waals surface area contributed by atoms with Crippen molar-refractivity contribution in [2.75, 3.05) is 0 Å². The monoisotopic (exact) mass is 423 g/mol. The van der Waals surface area contributed by atoms with Gasteiger partial charge in [0, 0.05) is 23.6 Å². The Labute approximate surface area is 181 Å². The first-order valence-electron chi connectivity index (χ1n) is 10.3. The molecule has 1 aromatic heterocycles. The summed E-state index contributed by atoms with van der Waals surface area (Å²) in [7, 11) is 0. The Hall–Kier alpha value is -2.73. The number of aromatic nitrogens is 1. The Morgan fingerprint density at radius 3 is 2.40 bits per heavy atom. The lowest BCUT2D eigenvalue weighted by Gasteiger charge is -2.18. The highest BCUT2D eigenvalue weighted by Crippen LogP contribution is 2.29. The average molecular weight is 424 g/mol. The molecule has 3 aromatic rings. The van der Waals surface area contributed by atoms with Gasteiger partial charge in [-0.1, -0.05) is 26.0 Å². The van der Waals surface area contributed by atoms with Crippen LogP contribution >= 0.6 is 11.3 Å². The molecule has 0 aliphatic carbocycles. The summed E-state index contributed by atoms with van der Waals surface area (Å²) in [6, 6.07) is 13.3. The van der Waals surface area contributed by atoms with Gasteiger partial charge in [-0.2, -0.15) is 0 Å². The molecule has 0 aliphatic heterocycles.